The molecule has 0 atom stereocenters. The Labute approximate surface area is 219 Å². The summed E-state index contributed by atoms with van der Waals surface area (Å²) >= 11 is -0.767. The van der Waals surface area contributed by atoms with E-state index in [4.69, 9.17) is 4.42 Å². The van der Waals surface area contributed by atoms with Crippen LogP contribution in [0.2, 0.25) is 0 Å². The van der Waals surface area contributed by atoms with Crippen molar-refractivity contribution >= 4 is 81.8 Å². The fraction of sp³-hybridized carbons (Fsp3) is 0. The van der Waals surface area contributed by atoms with Crippen molar-refractivity contribution in [3.05, 3.63) is 124 Å². The molecule has 0 spiro atoms. The van der Waals surface area contributed by atoms with Gasteiger partial charge in [0.05, 0.1) is 0 Å². The molecule has 0 fully saturated rings. The van der Waals surface area contributed by atoms with Crippen molar-refractivity contribution in [2.45, 2.75) is 0 Å². The van der Waals surface area contributed by atoms with Crippen LogP contribution in [0.25, 0.3) is 67.0 Å². The second kappa shape index (κ2) is 7.66. The average molecular weight is 591 g/mol. The van der Waals surface area contributed by atoms with Crippen LogP contribution in [0.15, 0.2) is 117 Å². The molecule has 0 amide bonds. The number of rotatable bonds is 1. The number of hydrogen-bond acceptors (Lipinski definition) is 3. The number of benzene rings is 5. The van der Waals surface area contributed by atoms with Crippen molar-refractivity contribution in [3.63, 3.8) is 0 Å². The summed E-state index contributed by atoms with van der Waals surface area (Å²) in [4.78, 5) is 26.8. The van der Waals surface area contributed by atoms with Crippen molar-refractivity contribution in [3.8, 4) is 5.69 Å². The van der Waals surface area contributed by atoms with Crippen molar-refractivity contribution in [1.82, 2.24) is 4.57 Å². The molecular weight excluding hydrogens is 574 g/mol. The summed E-state index contributed by atoms with van der Waals surface area (Å²) in [7, 11) is 0. The molecular formula is C32H17NO3Te. The molecule has 0 aliphatic rings. The maximum absolute atomic E-state index is 13.6. The third kappa shape index (κ3) is 2.96. The van der Waals surface area contributed by atoms with E-state index < -0.39 is 20.4 Å². The van der Waals surface area contributed by atoms with E-state index in [9.17, 15) is 9.59 Å². The van der Waals surface area contributed by atoms with Gasteiger partial charge in [-0.3, -0.25) is 0 Å². The van der Waals surface area contributed by atoms with Gasteiger partial charge in [0.2, 0.25) is 0 Å². The van der Waals surface area contributed by atoms with E-state index >= 15 is 0 Å². The molecule has 4 nitrogen and oxygen atoms in total. The first-order chi connectivity index (χ1) is 18.2. The van der Waals surface area contributed by atoms with Gasteiger partial charge in [-0.1, -0.05) is 12.1 Å². The molecule has 8 rings (SSSR count). The van der Waals surface area contributed by atoms with Crippen LogP contribution >= 0.6 is 0 Å². The second-order valence-corrected chi connectivity index (χ2v) is 12.3. The molecule has 3 heterocycles. The molecule has 0 aliphatic heterocycles. The fourth-order valence-corrected chi connectivity index (χ4v) is 8.60. The minimum atomic E-state index is -0.767. The molecule has 5 aromatic carbocycles. The Balaban J connectivity index is 1.44. The zero-order chi connectivity index (χ0) is 24.7. The third-order valence-electron chi connectivity index (χ3n) is 7.19. The molecule has 37 heavy (non-hydrogen) atoms. The number of fused-ring (bicyclic) bond motifs is 7. The topological polar surface area (TPSA) is 52.2 Å². The average Bonchev–Trinajstić information content (AvgIpc) is 3.27. The minimum absolute atomic E-state index is 0.00521. The van der Waals surface area contributed by atoms with Gasteiger partial charge in [-0.2, -0.15) is 0 Å². The molecule has 0 saturated heterocycles. The summed E-state index contributed by atoms with van der Waals surface area (Å²) in [5.74, 6) is 0. The van der Waals surface area contributed by atoms with E-state index in [1.807, 2.05) is 72.8 Å². The summed E-state index contributed by atoms with van der Waals surface area (Å²) in [5, 5.41) is 4.86. The van der Waals surface area contributed by atoms with Gasteiger partial charge in [0.15, 0.2) is 0 Å². The zero-order valence-corrected chi connectivity index (χ0v) is 21.7. The summed E-state index contributed by atoms with van der Waals surface area (Å²) < 4.78 is 10.7. The predicted octanol–water partition coefficient (Wildman–Crippen LogP) is 6.77. The molecule has 174 valence electrons. The maximum atomic E-state index is 13.6. The monoisotopic (exact) mass is 593 g/mol. The molecule has 3 aromatic heterocycles. The van der Waals surface area contributed by atoms with Gasteiger partial charge >= 0.3 is 208 Å². The van der Waals surface area contributed by atoms with Crippen LogP contribution in [-0.2, 0) is 0 Å². The van der Waals surface area contributed by atoms with Gasteiger partial charge < -0.3 is 0 Å². The number of aromatic nitrogens is 1. The molecule has 0 N–H and O–H groups in total. The van der Waals surface area contributed by atoms with Crippen LogP contribution in [0, 0.1) is 0 Å². The van der Waals surface area contributed by atoms with E-state index in [0.29, 0.717) is 27.3 Å². The van der Waals surface area contributed by atoms with Gasteiger partial charge in [0.25, 0.3) is 0 Å². The van der Waals surface area contributed by atoms with Crippen molar-refractivity contribution < 1.29 is 4.42 Å². The Morgan fingerprint density at radius 1 is 0.514 bits per heavy atom. The molecule has 8 aromatic rings. The zero-order valence-electron chi connectivity index (χ0n) is 19.4. The van der Waals surface area contributed by atoms with Crippen molar-refractivity contribution in [2.75, 3.05) is 0 Å². The van der Waals surface area contributed by atoms with E-state index in [1.54, 1.807) is 6.07 Å². The number of nitrogens with zero attached hydrogens (tertiary/aromatic N) is 1. The molecule has 0 aliphatic carbocycles. The first-order valence-electron chi connectivity index (χ1n) is 12.0. The summed E-state index contributed by atoms with van der Waals surface area (Å²) in [6, 6.07) is 33.9. The van der Waals surface area contributed by atoms with Gasteiger partial charge in [-0.05, 0) is 0 Å². The van der Waals surface area contributed by atoms with E-state index in [1.165, 1.54) is 10.8 Å². The van der Waals surface area contributed by atoms with Crippen LogP contribution in [0.5, 0.6) is 0 Å². The van der Waals surface area contributed by atoms with Crippen molar-refractivity contribution in [2.24, 2.45) is 0 Å². The van der Waals surface area contributed by atoms with Crippen LogP contribution in [0.1, 0.15) is 0 Å². The Bertz CT molecular complexity index is 2300. The predicted molar refractivity (Wildman–Crippen MR) is 153 cm³/mol. The molecule has 0 saturated carbocycles. The quantitative estimate of drug-likeness (QED) is 0.157. The van der Waals surface area contributed by atoms with Crippen molar-refractivity contribution in [1.29, 1.82) is 0 Å². The summed E-state index contributed by atoms with van der Waals surface area (Å²) in [5.41, 5.74) is 4.01. The molecule has 5 heteroatoms. The van der Waals surface area contributed by atoms with Gasteiger partial charge in [-0.15, -0.1) is 0 Å². The summed E-state index contributed by atoms with van der Waals surface area (Å²) in [6.07, 6.45) is 0. The standard InChI is InChI=1S/C32H17NO3Te/c34-31-21-14-13-18(33-25-10-4-1-7-19(25)20-8-2-5-11-26(20)33)15-27(21)36-28-16-24-30(17-23(28)31)37-29-12-6-3-9-22(29)32(24)35/h1-17H. The van der Waals surface area contributed by atoms with Crippen LogP contribution < -0.4 is 10.9 Å². The SMILES string of the molecule is O=c1c2ccc(-n3c4ccccc4c4ccccc43)cc2oc2cc3c(=O)c4ccccc4[te]c3cc12. The Hall–Kier alpha value is -4.17. The fourth-order valence-electron chi connectivity index (χ4n) is 5.48. The van der Waals surface area contributed by atoms with Crippen LogP contribution in [0.3, 0.4) is 0 Å². The Morgan fingerprint density at radius 3 is 1.89 bits per heavy atom. The first-order valence-corrected chi connectivity index (χ1v) is 14.4. The second-order valence-electron chi connectivity index (χ2n) is 9.25. The first kappa shape index (κ1) is 21.0. The van der Waals surface area contributed by atoms with Crippen LogP contribution in [-0.4, -0.2) is 25.0 Å². The van der Waals surface area contributed by atoms with E-state index in [2.05, 4.69) is 28.8 Å². The number of para-hydroxylation sites is 2. The van der Waals surface area contributed by atoms with Gasteiger partial charge in [0, 0.05) is 0 Å². The van der Waals surface area contributed by atoms with E-state index in [0.717, 1.165) is 28.9 Å². The Kier molecular flexibility index (Phi) is 4.34. The van der Waals surface area contributed by atoms with Crippen LogP contribution in [0.4, 0.5) is 0 Å². The molecule has 0 unspecified atom stereocenters. The molecule has 0 radical (unpaired) electrons. The third-order valence-corrected chi connectivity index (χ3v) is 10.4. The summed E-state index contributed by atoms with van der Waals surface area (Å²) in [6.45, 7) is 0. The van der Waals surface area contributed by atoms with Gasteiger partial charge in [-0.25, -0.2) is 0 Å². The van der Waals surface area contributed by atoms with Gasteiger partial charge in [0.1, 0.15) is 0 Å². The normalized spacial score (nSPS) is 12.0. The Morgan fingerprint density at radius 2 is 1.14 bits per heavy atom. The molecule has 0 bridgehead atoms. The number of hydrogen-bond donors (Lipinski definition) is 0. The van der Waals surface area contributed by atoms with E-state index in [-0.39, 0.29) is 10.9 Å².